The largest absolute Gasteiger partial charge is 0.455 e. The van der Waals surface area contributed by atoms with Gasteiger partial charge in [-0.1, -0.05) is 11.3 Å². The molecule has 24 heavy (non-hydrogen) atoms. The predicted molar refractivity (Wildman–Crippen MR) is 84.1 cm³/mol. The Hall–Kier alpha value is -3.29. The van der Waals surface area contributed by atoms with E-state index in [2.05, 4.69) is 20.4 Å². The van der Waals surface area contributed by atoms with Crippen molar-refractivity contribution in [1.82, 2.24) is 29.8 Å². The van der Waals surface area contributed by atoms with Crippen molar-refractivity contribution in [3.63, 3.8) is 0 Å². The average molecular weight is 324 g/mol. The first-order chi connectivity index (χ1) is 11.7. The van der Waals surface area contributed by atoms with E-state index in [1.807, 2.05) is 19.2 Å². The fraction of sp³-hybridized carbons (Fsp3) is 0.125. The van der Waals surface area contributed by atoms with E-state index >= 15 is 0 Å². The number of hydrogen-bond donors (Lipinski definition) is 0. The molecule has 120 valence electrons. The molecule has 0 atom stereocenters. The molecule has 0 radical (unpaired) electrons. The highest BCUT2D eigenvalue weighted by atomic mass is 19.1. The predicted octanol–water partition coefficient (Wildman–Crippen LogP) is 2.54. The van der Waals surface area contributed by atoms with Crippen molar-refractivity contribution in [2.75, 3.05) is 0 Å². The maximum Gasteiger partial charge on any atom is 0.157 e. The van der Waals surface area contributed by atoms with Crippen LogP contribution in [0.25, 0.3) is 11.0 Å². The Labute approximate surface area is 136 Å². The molecule has 8 heteroatoms. The van der Waals surface area contributed by atoms with Crippen molar-refractivity contribution in [2.24, 2.45) is 7.05 Å². The number of aromatic nitrogens is 6. The summed E-state index contributed by atoms with van der Waals surface area (Å²) in [6.45, 7) is 0.351. The van der Waals surface area contributed by atoms with Gasteiger partial charge in [-0.15, -0.1) is 5.10 Å². The molecule has 0 aliphatic heterocycles. The normalized spacial score (nSPS) is 11.1. The Balaban J connectivity index is 1.73. The number of halogens is 1. The standard InChI is InChI=1S/C16H13FN6O/c1-22-13-3-2-4-15(16(13)20-21-22)24-14-6-5-12(17)7-11(14)8-23-10-18-9-19-23/h2-7,9-10H,8H2,1H3. The van der Waals surface area contributed by atoms with Gasteiger partial charge in [0.1, 0.15) is 24.2 Å². The third kappa shape index (κ3) is 2.58. The highest BCUT2D eigenvalue weighted by Crippen LogP contribution is 2.31. The second-order valence-corrected chi connectivity index (χ2v) is 5.28. The zero-order chi connectivity index (χ0) is 16.5. The smallest absolute Gasteiger partial charge is 0.157 e. The van der Waals surface area contributed by atoms with Gasteiger partial charge in [0.2, 0.25) is 0 Å². The second kappa shape index (κ2) is 5.73. The first kappa shape index (κ1) is 14.3. The molecule has 4 aromatic rings. The molecule has 7 nitrogen and oxygen atoms in total. The Bertz CT molecular complexity index is 995. The van der Waals surface area contributed by atoms with Crippen LogP contribution in [0.3, 0.4) is 0 Å². The third-order valence-electron chi connectivity index (χ3n) is 3.65. The van der Waals surface area contributed by atoms with Crippen LogP contribution in [0.1, 0.15) is 5.56 Å². The Morgan fingerprint density at radius 2 is 2.08 bits per heavy atom. The molecule has 0 aliphatic carbocycles. The van der Waals surface area contributed by atoms with Crippen LogP contribution in [-0.4, -0.2) is 29.8 Å². The van der Waals surface area contributed by atoms with Crippen molar-refractivity contribution in [3.8, 4) is 11.5 Å². The van der Waals surface area contributed by atoms with Gasteiger partial charge in [0.05, 0.1) is 12.1 Å². The zero-order valence-corrected chi connectivity index (χ0v) is 12.8. The van der Waals surface area contributed by atoms with E-state index in [1.165, 1.54) is 18.5 Å². The Kier molecular flexibility index (Phi) is 3.42. The van der Waals surface area contributed by atoms with Gasteiger partial charge in [-0.2, -0.15) is 5.10 Å². The van der Waals surface area contributed by atoms with Crippen LogP contribution in [0.15, 0.2) is 49.1 Å². The summed E-state index contributed by atoms with van der Waals surface area (Å²) in [5.41, 5.74) is 2.16. The molecule has 2 heterocycles. The van der Waals surface area contributed by atoms with Gasteiger partial charge in [-0.25, -0.2) is 18.7 Å². The van der Waals surface area contributed by atoms with Crippen LogP contribution in [-0.2, 0) is 13.6 Å². The van der Waals surface area contributed by atoms with E-state index in [4.69, 9.17) is 4.74 Å². The van der Waals surface area contributed by atoms with E-state index in [0.717, 1.165) is 5.52 Å². The summed E-state index contributed by atoms with van der Waals surface area (Å²) in [7, 11) is 1.81. The zero-order valence-electron chi connectivity index (χ0n) is 12.8. The van der Waals surface area contributed by atoms with Gasteiger partial charge in [-0.05, 0) is 30.3 Å². The lowest BCUT2D eigenvalue weighted by Crippen LogP contribution is -2.02. The van der Waals surface area contributed by atoms with Crippen LogP contribution < -0.4 is 4.74 Å². The molecular formula is C16H13FN6O. The van der Waals surface area contributed by atoms with Crippen LogP contribution in [0.4, 0.5) is 4.39 Å². The van der Waals surface area contributed by atoms with E-state index in [-0.39, 0.29) is 5.82 Å². The minimum absolute atomic E-state index is 0.338. The van der Waals surface area contributed by atoms with E-state index < -0.39 is 0 Å². The van der Waals surface area contributed by atoms with E-state index in [9.17, 15) is 4.39 Å². The van der Waals surface area contributed by atoms with Crippen LogP contribution in [0.5, 0.6) is 11.5 Å². The first-order valence-corrected chi connectivity index (χ1v) is 7.28. The Morgan fingerprint density at radius 3 is 2.92 bits per heavy atom. The number of hydrogen-bond acceptors (Lipinski definition) is 5. The molecule has 0 aliphatic rings. The third-order valence-corrected chi connectivity index (χ3v) is 3.65. The first-order valence-electron chi connectivity index (χ1n) is 7.28. The maximum absolute atomic E-state index is 13.6. The molecule has 0 N–H and O–H groups in total. The number of fused-ring (bicyclic) bond motifs is 1. The highest BCUT2D eigenvalue weighted by Gasteiger charge is 2.12. The molecule has 0 fully saturated rings. The fourth-order valence-electron chi connectivity index (χ4n) is 2.49. The quantitative estimate of drug-likeness (QED) is 0.577. The molecule has 0 saturated heterocycles. The Morgan fingerprint density at radius 1 is 1.17 bits per heavy atom. The molecule has 2 aromatic carbocycles. The summed E-state index contributed by atoms with van der Waals surface area (Å²) < 4.78 is 22.9. The van der Waals surface area contributed by atoms with Crippen molar-refractivity contribution in [2.45, 2.75) is 6.54 Å². The lowest BCUT2D eigenvalue weighted by atomic mass is 10.2. The summed E-state index contributed by atoms with van der Waals surface area (Å²) in [4.78, 5) is 3.89. The monoisotopic (exact) mass is 324 g/mol. The van der Waals surface area contributed by atoms with Crippen molar-refractivity contribution < 1.29 is 9.13 Å². The molecule has 0 amide bonds. The average Bonchev–Trinajstić information content (AvgIpc) is 3.21. The van der Waals surface area contributed by atoms with Crippen molar-refractivity contribution in [1.29, 1.82) is 0 Å². The fourth-order valence-corrected chi connectivity index (χ4v) is 2.49. The molecule has 0 unspecified atom stereocenters. The van der Waals surface area contributed by atoms with Gasteiger partial charge in [0, 0.05) is 12.6 Å². The minimum Gasteiger partial charge on any atom is -0.455 e. The van der Waals surface area contributed by atoms with Gasteiger partial charge < -0.3 is 4.74 Å². The molecule has 0 spiro atoms. The summed E-state index contributed by atoms with van der Waals surface area (Å²) >= 11 is 0. The van der Waals surface area contributed by atoms with Gasteiger partial charge in [-0.3, -0.25) is 0 Å². The lowest BCUT2D eigenvalue weighted by molar-refractivity contribution is 0.473. The van der Waals surface area contributed by atoms with Crippen LogP contribution in [0.2, 0.25) is 0 Å². The summed E-state index contributed by atoms with van der Waals surface area (Å²) in [6.07, 6.45) is 3.00. The number of ether oxygens (including phenoxy) is 1. The minimum atomic E-state index is -0.338. The van der Waals surface area contributed by atoms with E-state index in [1.54, 1.807) is 27.8 Å². The summed E-state index contributed by atoms with van der Waals surface area (Å²) in [5.74, 6) is 0.757. The van der Waals surface area contributed by atoms with Gasteiger partial charge in [0.25, 0.3) is 0 Å². The second-order valence-electron chi connectivity index (χ2n) is 5.28. The molecule has 4 rings (SSSR count). The number of nitrogens with zero attached hydrogens (tertiary/aromatic N) is 6. The van der Waals surface area contributed by atoms with Gasteiger partial charge in [0.15, 0.2) is 11.3 Å². The SMILES string of the molecule is Cn1nnc2c(Oc3ccc(F)cc3Cn3cncn3)cccc21. The topological polar surface area (TPSA) is 70.7 Å². The highest BCUT2D eigenvalue weighted by molar-refractivity contribution is 5.81. The number of benzene rings is 2. The molecule has 2 aromatic heterocycles. The number of rotatable bonds is 4. The van der Waals surface area contributed by atoms with Crippen molar-refractivity contribution in [3.05, 3.63) is 60.4 Å². The molecular weight excluding hydrogens is 311 g/mol. The maximum atomic E-state index is 13.6. The molecule has 0 bridgehead atoms. The van der Waals surface area contributed by atoms with Gasteiger partial charge >= 0.3 is 0 Å². The van der Waals surface area contributed by atoms with Crippen LogP contribution in [0, 0.1) is 5.82 Å². The lowest BCUT2D eigenvalue weighted by Gasteiger charge is -2.11. The van der Waals surface area contributed by atoms with Crippen molar-refractivity contribution >= 4 is 11.0 Å². The number of aryl methyl sites for hydroxylation is 1. The molecule has 0 saturated carbocycles. The summed E-state index contributed by atoms with van der Waals surface area (Å²) in [5, 5.41) is 12.2. The van der Waals surface area contributed by atoms with E-state index in [0.29, 0.717) is 29.1 Å². The van der Waals surface area contributed by atoms with Crippen LogP contribution >= 0.6 is 0 Å². The summed E-state index contributed by atoms with van der Waals surface area (Å²) in [6, 6.07) is 9.95.